The van der Waals surface area contributed by atoms with Gasteiger partial charge in [0.1, 0.15) is 5.82 Å². The number of halogens is 1. The summed E-state index contributed by atoms with van der Waals surface area (Å²) in [5.74, 6) is 0.298. The van der Waals surface area contributed by atoms with Gasteiger partial charge in [-0.2, -0.15) is 4.52 Å². The third kappa shape index (κ3) is 2.28. The van der Waals surface area contributed by atoms with Crippen molar-refractivity contribution in [1.29, 1.82) is 0 Å². The van der Waals surface area contributed by atoms with E-state index in [2.05, 4.69) is 25.8 Å². The van der Waals surface area contributed by atoms with Crippen molar-refractivity contribution in [2.75, 3.05) is 5.32 Å². The van der Waals surface area contributed by atoms with Crippen LogP contribution in [0.4, 0.5) is 10.2 Å². The Morgan fingerprint density at radius 2 is 2.20 bits per heavy atom. The SMILES string of the molecule is NCc1ccc(CNc2cncc3nnnn23)c(F)c1. The van der Waals surface area contributed by atoms with Crippen molar-refractivity contribution < 1.29 is 4.39 Å². The molecule has 0 unspecified atom stereocenters. The molecule has 20 heavy (non-hydrogen) atoms. The Labute approximate surface area is 113 Å². The second kappa shape index (κ2) is 5.17. The van der Waals surface area contributed by atoms with Crippen LogP contribution in [-0.2, 0) is 13.1 Å². The van der Waals surface area contributed by atoms with Gasteiger partial charge in [0.2, 0.25) is 0 Å². The minimum Gasteiger partial charge on any atom is -0.364 e. The maximum absolute atomic E-state index is 13.8. The van der Waals surface area contributed by atoms with Crippen LogP contribution >= 0.6 is 0 Å². The first-order valence-corrected chi connectivity index (χ1v) is 6.01. The number of nitrogens with two attached hydrogens (primary N) is 1. The summed E-state index contributed by atoms with van der Waals surface area (Å²) >= 11 is 0. The molecule has 0 spiro atoms. The predicted molar refractivity (Wildman–Crippen MR) is 70.2 cm³/mol. The summed E-state index contributed by atoms with van der Waals surface area (Å²) in [7, 11) is 0. The standard InChI is InChI=1S/C12H12FN7/c13-10-3-8(4-14)1-2-9(10)5-16-11-6-15-7-12-17-18-19-20(11)12/h1-3,6-7,16H,4-5,14H2. The van der Waals surface area contributed by atoms with Crippen LogP contribution in [0.2, 0.25) is 0 Å². The third-order valence-electron chi connectivity index (χ3n) is 2.92. The van der Waals surface area contributed by atoms with E-state index in [-0.39, 0.29) is 5.82 Å². The van der Waals surface area contributed by atoms with Gasteiger partial charge >= 0.3 is 0 Å². The average Bonchev–Trinajstić information content (AvgIpc) is 2.95. The van der Waals surface area contributed by atoms with E-state index in [0.717, 1.165) is 5.56 Å². The zero-order valence-corrected chi connectivity index (χ0v) is 10.5. The molecule has 3 N–H and O–H groups in total. The van der Waals surface area contributed by atoms with Crippen molar-refractivity contribution in [2.24, 2.45) is 5.73 Å². The van der Waals surface area contributed by atoms with Gasteiger partial charge in [0.15, 0.2) is 11.5 Å². The van der Waals surface area contributed by atoms with Gasteiger partial charge in [-0.25, -0.2) is 4.39 Å². The number of nitrogens with zero attached hydrogens (tertiary/aromatic N) is 5. The van der Waals surface area contributed by atoms with Gasteiger partial charge in [0.25, 0.3) is 0 Å². The first-order chi connectivity index (χ1) is 9.78. The molecule has 0 amide bonds. The molecule has 0 atom stereocenters. The van der Waals surface area contributed by atoms with Crippen molar-refractivity contribution in [3.63, 3.8) is 0 Å². The number of hydrogen-bond acceptors (Lipinski definition) is 6. The summed E-state index contributed by atoms with van der Waals surface area (Å²) < 4.78 is 15.3. The van der Waals surface area contributed by atoms with E-state index in [0.29, 0.717) is 30.1 Å². The number of hydrogen-bond donors (Lipinski definition) is 2. The van der Waals surface area contributed by atoms with Gasteiger partial charge in [-0.15, -0.1) is 5.10 Å². The first kappa shape index (κ1) is 12.4. The Morgan fingerprint density at radius 3 is 3.00 bits per heavy atom. The third-order valence-corrected chi connectivity index (χ3v) is 2.92. The first-order valence-electron chi connectivity index (χ1n) is 6.01. The van der Waals surface area contributed by atoms with Crippen LogP contribution in [0, 0.1) is 5.82 Å². The van der Waals surface area contributed by atoms with Crippen molar-refractivity contribution in [3.8, 4) is 0 Å². The molecule has 0 aliphatic rings. The topological polar surface area (TPSA) is 94.0 Å². The van der Waals surface area contributed by atoms with Crippen LogP contribution in [-0.4, -0.2) is 25.0 Å². The maximum atomic E-state index is 13.8. The van der Waals surface area contributed by atoms with Crippen molar-refractivity contribution in [3.05, 3.63) is 47.5 Å². The van der Waals surface area contributed by atoms with Gasteiger partial charge in [-0.3, -0.25) is 4.98 Å². The van der Waals surface area contributed by atoms with Crippen molar-refractivity contribution in [1.82, 2.24) is 25.0 Å². The number of benzene rings is 1. The van der Waals surface area contributed by atoms with Crippen molar-refractivity contribution in [2.45, 2.75) is 13.1 Å². The molecule has 102 valence electrons. The highest BCUT2D eigenvalue weighted by Crippen LogP contribution is 2.13. The molecule has 0 fully saturated rings. The smallest absolute Gasteiger partial charge is 0.199 e. The highest BCUT2D eigenvalue weighted by atomic mass is 19.1. The Hall–Kier alpha value is -2.61. The molecule has 0 saturated carbocycles. The zero-order valence-electron chi connectivity index (χ0n) is 10.5. The number of rotatable bonds is 4. The minimum absolute atomic E-state index is 0.294. The molecule has 0 bridgehead atoms. The lowest BCUT2D eigenvalue weighted by atomic mass is 10.1. The summed E-state index contributed by atoms with van der Waals surface area (Å²) in [4.78, 5) is 4.01. The Bertz CT molecular complexity index is 740. The summed E-state index contributed by atoms with van der Waals surface area (Å²) in [6.07, 6.45) is 3.12. The molecule has 0 aliphatic carbocycles. The fourth-order valence-electron chi connectivity index (χ4n) is 1.84. The molecule has 0 aliphatic heterocycles. The van der Waals surface area contributed by atoms with Gasteiger partial charge in [0, 0.05) is 18.7 Å². The lowest BCUT2D eigenvalue weighted by molar-refractivity contribution is 0.610. The van der Waals surface area contributed by atoms with E-state index >= 15 is 0 Å². The summed E-state index contributed by atoms with van der Waals surface area (Å²) in [5, 5.41) is 14.2. The van der Waals surface area contributed by atoms with Crippen LogP contribution in [0.3, 0.4) is 0 Å². The Balaban J connectivity index is 1.81. The zero-order chi connectivity index (χ0) is 13.9. The molecule has 8 heteroatoms. The van der Waals surface area contributed by atoms with E-state index in [1.165, 1.54) is 10.6 Å². The maximum Gasteiger partial charge on any atom is 0.199 e. The Kier molecular flexibility index (Phi) is 3.21. The van der Waals surface area contributed by atoms with E-state index in [9.17, 15) is 4.39 Å². The van der Waals surface area contributed by atoms with Crippen LogP contribution in [0.15, 0.2) is 30.6 Å². The van der Waals surface area contributed by atoms with E-state index in [1.54, 1.807) is 24.5 Å². The molecule has 0 saturated heterocycles. The predicted octanol–water partition coefficient (Wildman–Crippen LogP) is 0.729. The molecular formula is C12H12FN7. The van der Waals surface area contributed by atoms with E-state index in [1.807, 2.05) is 0 Å². The number of anilines is 1. The van der Waals surface area contributed by atoms with Gasteiger partial charge in [-0.1, -0.05) is 12.1 Å². The van der Waals surface area contributed by atoms with Crippen LogP contribution in [0.1, 0.15) is 11.1 Å². The van der Waals surface area contributed by atoms with E-state index < -0.39 is 0 Å². The molecule has 3 aromatic rings. The number of tetrazole rings is 1. The molecule has 3 rings (SSSR count). The molecule has 2 aromatic heterocycles. The number of aromatic nitrogens is 5. The van der Waals surface area contributed by atoms with Crippen LogP contribution < -0.4 is 11.1 Å². The van der Waals surface area contributed by atoms with E-state index in [4.69, 9.17) is 5.73 Å². The van der Waals surface area contributed by atoms with Crippen molar-refractivity contribution >= 4 is 11.5 Å². The summed E-state index contributed by atoms with van der Waals surface area (Å²) in [5.41, 5.74) is 7.28. The van der Waals surface area contributed by atoms with Gasteiger partial charge in [-0.05, 0) is 22.1 Å². The molecule has 1 aromatic carbocycles. The molecule has 0 radical (unpaired) electrons. The number of fused-ring (bicyclic) bond motifs is 1. The molecule has 2 heterocycles. The highest BCUT2D eigenvalue weighted by Gasteiger charge is 2.06. The largest absolute Gasteiger partial charge is 0.364 e. The van der Waals surface area contributed by atoms with Gasteiger partial charge < -0.3 is 11.1 Å². The number of nitrogens with one attached hydrogen (secondary N) is 1. The minimum atomic E-state index is -0.294. The van der Waals surface area contributed by atoms with Crippen LogP contribution in [0.25, 0.3) is 5.65 Å². The lowest BCUT2D eigenvalue weighted by Crippen LogP contribution is -2.07. The molecule has 7 nitrogen and oxygen atoms in total. The van der Waals surface area contributed by atoms with Gasteiger partial charge in [0.05, 0.1) is 12.4 Å². The second-order valence-corrected chi connectivity index (χ2v) is 4.22. The summed E-state index contributed by atoms with van der Waals surface area (Å²) in [6, 6.07) is 4.94. The normalized spacial score (nSPS) is 10.9. The quantitative estimate of drug-likeness (QED) is 0.727. The average molecular weight is 273 g/mol. The summed E-state index contributed by atoms with van der Waals surface area (Å²) in [6.45, 7) is 0.621. The Morgan fingerprint density at radius 1 is 1.30 bits per heavy atom. The lowest BCUT2D eigenvalue weighted by Gasteiger charge is -2.08. The second-order valence-electron chi connectivity index (χ2n) is 4.22. The fourth-order valence-corrected chi connectivity index (χ4v) is 1.84. The highest BCUT2D eigenvalue weighted by molar-refractivity contribution is 5.44. The fraction of sp³-hybridized carbons (Fsp3) is 0.167. The molecular weight excluding hydrogens is 261 g/mol. The monoisotopic (exact) mass is 273 g/mol. The van der Waals surface area contributed by atoms with Crippen LogP contribution in [0.5, 0.6) is 0 Å².